The quantitative estimate of drug-likeness (QED) is 0.316. The van der Waals surface area contributed by atoms with Crippen molar-refractivity contribution in [3.63, 3.8) is 0 Å². The molecule has 0 aliphatic carbocycles. The van der Waals surface area contributed by atoms with Crippen molar-refractivity contribution in [3.05, 3.63) is 46.5 Å². The fraction of sp³-hybridized carbons (Fsp3) is 0. The van der Waals surface area contributed by atoms with Gasteiger partial charge in [0.15, 0.2) is 0 Å². The maximum Gasteiger partial charge on any atom is 0.275 e. The number of hydrogen-bond acceptors (Lipinski definition) is 6. The summed E-state index contributed by atoms with van der Waals surface area (Å²) in [5.74, 6) is -3.88. The molecule has 24 heavy (non-hydrogen) atoms. The average Bonchev–Trinajstić information content (AvgIpc) is 2.57. The molecular formula is C14H12N4O6. The number of carbonyl (C=O) groups is 4. The van der Waals surface area contributed by atoms with Crippen molar-refractivity contribution in [2.24, 2.45) is 11.5 Å². The Morgan fingerprint density at radius 3 is 1.25 bits per heavy atom. The minimum absolute atomic E-state index is 0.141. The Morgan fingerprint density at radius 1 is 0.667 bits per heavy atom. The highest BCUT2D eigenvalue weighted by Crippen LogP contribution is 2.30. The number of rotatable bonds is 4. The molecule has 0 unspecified atom stereocenters. The van der Waals surface area contributed by atoms with Crippen molar-refractivity contribution in [3.8, 4) is 0 Å². The summed E-state index contributed by atoms with van der Waals surface area (Å²) < 4.78 is 0. The Balaban J connectivity index is 3.12. The Morgan fingerprint density at radius 2 is 0.958 bits per heavy atom. The van der Waals surface area contributed by atoms with Gasteiger partial charge in [-0.1, -0.05) is 0 Å². The fourth-order valence-corrected chi connectivity index (χ4v) is 2.41. The Bertz CT molecular complexity index is 824. The molecule has 0 radical (unpaired) electrons. The van der Waals surface area contributed by atoms with Crippen LogP contribution < -0.4 is 22.4 Å². The minimum Gasteiger partial charge on any atom is -0.366 e. The molecule has 0 fully saturated rings. The molecule has 0 aliphatic rings. The maximum atomic E-state index is 11.9. The number of amides is 4. The first-order valence-corrected chi connectivity index (χ1v) is 6.41. The molecule has 0 atom stereocenters. The van der Waals surface area contributed by atoms with Gasteiger partial charge in [0.2, 0.25) is 11.8 Å². The van der Waals surface area contributed by atoms with Crippen molar-refractivity contribution in [2.75, 3.05) is 0 Å². The second kappa shape index (κ2) is 6.32. The zero-order valence-electron chi connectivity index (χ0n) is 12.0. The van der Waals surface area contributed by atoms with Crippen molar-refractivity contribution in [1.82, 2.24) is 11.0 Å². The van der Waals surface area contributed by atoms with Crippen LogP contribution in [0.1, 0.15) is 41.4 Å². The Labute approximate surface area is 133 Å². The number of carbonyl (C=O) groups excluding carboxylic acids is 4. The van der Waals surface area contributed by atoms with Crippen LogP contribution in [0.15, 0.2) is 24.3 Å². The highest BCUT2D eigenvalue weighted by Gasteiger charge is 2.24. The van der Waals surface area contributed by atoms with Crippen LogP contribution in [0.4, 0.5) is 0 Å². The van der Waals surface area contributed by atoms with Gasteiger partial charge in [0, 0.05) is 21.9 Å². The molecule has 8 N–H and O–H groups in total. The van der Waals surface area contributed by atoms with Crippen LogP contribution in [-0.4, -0.2) is 34.0 Å². The Kier molecular flexibility index (Phi) is 4.44. The molecule has 0 spiro atoms. The second-order valence-corrected chi connectivity index (χ2v) is 4.68. The number of hydrogen-bond donors (Lipinski definition) is 6. The van der Waals surface area contributed by atoms with Gasteiger partial charge in [0.1, 0.15) is 0 Å². The third-order valence-electron chi connectivity index (χ3n) is 3.38. The van der Waals surface area contributed by atoms with Gasteiger partial charge in [-0.2, -0.15) is 0 Å². The zero-order valence-corrected chi connectivity index (χ0v) is 12.0. The highest BCUT2D eigenvalue weighted by atomic mass is 16.5. The molecule has 0 saturated carbocycles. The lowest BCUT2D eigenvalue weighted by atomic mass is 9.90. The second-order valence-electron chi connectivity index (χ2n) is 4.68. The van der Waals surface area contributed by atoms with E-state index in [-0.39, 0.29) is 33.0 Å². The first-order chi connectivity index (χ1) is 11.3. The molecule has 0 saturated heterocycles. The maximum absolute atomic E-state index is 11.9. The largest absolute Gasteiger partial charge is 0.366 e. The van der Waals surface area contributed by atoms with Crippen LogP contribution in [0, 0.1) is 0 Å². The molecular weight excluding hydrogens is 320 g/mol. The lowest BCUT2D eigenvalue weighted by molar-refractivity contribution is 0.0705. The third kappa shape index (κ3) is 2.62. The normalized spacial score (nSPS) is 10.2. The van der Waals surface area contributed by atoms with Crippen molar-refractivity contribution < 1.29 is 29.6 Å². The van der Waals surface area contributed by atoms with E-state index >= 15 is 0 Å². The number of primary amides is 2. The van der Waals surface area contributed by atoms with E-state index in [0.29, 0.717) is 0 Å². The van der Waals surface area contributed by atoms with Gasteiger partial charge in [-0.3, -0.25) is 29.6 Å². The first kappa shape index (κ1) is 16.9. The Hall–Kier alpha value is -3.50. The topological polar surface area (TPSA) is 185 Å². The molecule has 124 valence electrons. The van der Waals surface area contributed by atoms with Gasteiger partial charge >= 0.3 is 0 Å². The molecule has 0 aromatic heterocycles. The zero-order chi connectivity index (χ0) is 18.0. The van der Waals surface area contributed by atoms with E-state index in [1.165, 1.54) is 11.0 Å². The van der Waals surface area contributed by atoms with Gasteiger partial charge in [-0.05, 0) is 24.3 Å². The summed E-state index contributed by atoms with van der Waals surface area (Å²) in [5.41, 5.74) is 12.5. The minimum atomic E-state index is -1.01. The molecule has 10 heteroatoms. The number of benzene rings is 2. The van der Waals surface area contributed by atoms with Crippen LogP contribution in [0.5, 0.6) is 0 Å². The van der Waals surface area contributed by atoms with Gasteiger partial charge in [-0.15, -0.1) is 0 Å². The van der Waals surface area contributed by atoms with Crippen molar-refractivity contribution >= 4 is 34.4 Å². The van der Waals surface area contributed by atoms with Crippen molar-refractivity contribution in [1.29, 1.82) is 0 Å². The lowest BCUT2D eigenvalue weighted by Crippen LogP contribution is -2.25. The monoisotopic (exact) mass is 332 g/mol. The number of nitrogens with two attached hydrogens (primary N) is 2. The highest BCUT2D eigenvalue weighted by molar-refractivity contribution is 6.24. The molecule has 2 rings (SSSR count). The molecule has 2 aromatic carbocycles. The lowest BCUT2D eigenvalue weighted by Gasteiger charge is -2.14. The molecule has 10 nitrogen and oxygen atoms in total. The molecule has 4 amide bonds. The average molecular weight is 332 g/mol. The van der Waals surface area contributed by atoms with Gasteiger partial charge in [-0.25, -0.2) is 11.0 Å². The summed E-state index contributed by atoms with van der Waals surface area (Å²) in [5, 5.41) is 17.4. The summed E-state index contributed by atoms with van der Waals surface area (Å²) in [6.07, 6.45) is 0. The summed E-state index contributed by atoms with van der Waals surface area (Å²) in [7, 11) is 0. The van der Waals surface area contributed by atoms with Crippen LogP contribution in [0.25, 0.3) is 10.8 Å². The third-order valence-corrected chi connectivity index (χ3v) is 3.38. The standard InChI is InChI=1S/C14H12N4O6/c15-11(19)5-1-3-7(13(21)17-23)10-8(14(22)18-24)4-2-6(9(5)10)12(16)20/h1-4,23-24H,(H2,15,19)(H2,16,20)(H,17,21)(H,18,22). The van der Waals surface area contributed by atoms with Gasteiger partial charge < -0.3 is 11.5 Å². The predicted octanol–water partition coefficient (Wildman–Crippen LogP) is -0.724. The summed E-state index contributed by atoms with van der Waals surface area (Å²) >= 11 is 0. The fourth-order valence-electron chi connectivity index (χ4n) is 2.41. The van der Waals surface area contributed by atoms with E-state index in [2.05, 4.69) is 0 Å². The number of hydroxylamine groups is 2. The van der Waals surface area contributed by atoms with Gasteiger partial charge in [0.05, 0.1) is 11.1 Å². The summed E-state index contributed by atoms with van der Waals surface area (Å²) in [4.78, 5) is 47.1. The SMILES string of the molecule is NC(=O)c1ccc(C(=O)NO)c2c(C(=O)NO)ccc(C(N)=O)c12. The predicted molar refractivity (Wildman–Crippen MR) is 79.5 cm³/mol. The molecule has 0 heterocycles. The molecule has 0 bridgehead atoms. The number of fused-ring (bicyclic) bond motifs is 1. The molecule has 2 aromatic rings. The molecule has 0 aliphatic heterocycles. The smallest absolute Gasteiger partial charge is 0.275 e. The van der Waals surface area contributed by atoms with Crippen LogP contribution >= 0.6 is 0 Å². The summed E-state index contributed by atoms with van der Waals surface area (Å²) in [6.45, 7) is 0. The van der Waals surface area contributed by atoms with E-state index in [9.17, 15) is 19.2 Å². The first-order valence-electron chi connectivity index (χ1n) is 6.41. The summed E-state index contributed by atoms with van der Waals surface area (Å²) in [6, 6.07) is 4.57. The van der Waals surface area contributed by atoms with Gasteiger partial charge in [0.25, 0.3) is 11.8 Å². The van der Waals surface area contributed by atoms with Crippen LogP contribution in [0.2, 0.25) is 0 Å². The van der Waals surface area contributed by atoms with Crippen molar-refractivity contribution in [2.45, 2.75) is 0 Å². The van der Waals surface area contributed by atoms with E-state index < -0.39 is 23.6 Å². The number of nitrogens with one attached hydrogen (secondary N) is 2. The van der Waals surface area contributed by atoms with Crippen LogP contribution in [-0.2, 0) is 0 Å². The van der Waals surface area contributed by atoms with E-state index in [4.69, 9.17) is 21.9 Å². The van der Waals surface area contributed by atoms with Crippen LogP contribution in [0.3, 0.4) is 0 Å². The van der Waals surface area contributed by atoms with E-state index in [0.717, 1.165) is 24.3 Å². The van der Waals surface area contributed by atoms with E-state index in [1.54, 1.807) is 0 Å². The van der Waals surface area contributed by atoms with E-state index in [1.807, 2.05) is 0 Å².